The maximum Gasteiger partial charge on any atom is 0.145 e. The highest BCUT2D eigenvalue weighted by molar-refractivity contribution is 9.10. The predicted molar refractivity (Wildman–Crippen MR) is 80.5 cm³/mol. The van der Waals surface area contributed by atoms with Crippen LogP contribution in [-0.2, 0) is 0 Å². The van der Waals surface area contributed by atoms with Crippen LogP contribution in [0.25, 0.3) is 0 Å². The van der Waals surface area contributed by atoms with Crippen LogP contribution in [0, 0.1) is 5.82 Å². The third-order valence-electron chi connectivity index (χ3n) is 2.83. The molecule has 0 amide bonds. The van der Waals surface area contributed by atoms with Crippen molar-refractivity contribution in [3.05, 3.63) is 52.5 Å². The second kappa shape index (κ2) is 6.81. The first-order chi connectivity index (χ1) is 9.60. The van der Waals surface area contributed by atoms with Crippen LogP contribution >= 0.6 is 15.9 Å². The van der Waals surface area contributed by atoms with Gasteiger partial charge in [-0.3, -0.25) is 4.98 Å². The summed E-state index contributed by atoms with van der Waals surface area (Å²) in [5, 5.41) is 3.29. The fraction of sp³-hybridized carbons (Fsp3) is 0.267. The molecule has 2 rings (SSSR count). The van der Waals surface area contributed by atoms with Gasteiger partial charge < -0.3 is 10.1 Å². The molecule has 1 atom stereocenters. The van der Waals surface area contributed by atoms with Crippen LogP contribution in [0.1, 0.15) is 25.6 Å². The predicted octanol–water partition coefficient (Wildman–Crippen LogP) is 4.45. The minimum atomic E-state index is -0.308. The Morgan fingerprint density at radius 3 is 2.75 bits per heavy atom. The zero-order valence-corrected chi connectivity index (χ0v) is 12.9. The minimum Gasteiger partial charge on any atom is -0.455 e. The van der Waals surface area contributed by atoms with Crippen LogP contribution in [0.5, 0.6) is 11.5 Å². The van der Waals surface area contributed by atoms with E-state index in [4.69, 9.17) is 4.74 Å². The molecule has 0 spiro atoms. The highest BCUT2D eigenvalue weighted by Gasteiger charge is 2.07. The molecule has 3 nitrogen and oxygen atoms in total. The summed E-state index contributed by atoms with van der Waals surface area (Å²) in [5.41, 5.74) is 0.956. The van der Waals surface area contributed by atoms with Crippen molar-refractivity contribution in [2.45, 2.75) is 19.9 Å². The van der Waals surface area contributed by atoms with E-state index in [0.29, 0.717) is 16.0 Å². The highest BCUT2D eigenvalue weighted by Crippen LogP contribution is 2.30. The molecule has 20 heavy (non-hydrogen) atoms. The van der Waals surface area contributed by atoms with E-state index in [-0.39, 0.29) is 11.9 Å². The van der Waals surface area contributed by atoms with Crippen LogP contribution in [0.3, 0.4) is 0 Å². The van der Waals surface area contributed by atoms with E-state index >= 15 is 0 Å². The first-order valence-electron chi connectivity index (χ1n) is 6.42. The lowest BCUT2D eigenvalue weighted by molar-refractivity contribution is 0.473. The summed E-state index contributed by atoms with van der Waals surface area (Å²) in [6.07, 6.45) is 1.67. The van der Waals surface area contributed by atoms with Crippen molar-refractivity contribution in [2.75, 3.05) is 6.54 Å². The Kier molecular flexibility index (Phi) is 5.09. The van der Waals surface area contributed by atoms with Gasteiger partial charge in [-0.15, -0.1) is 0 Å². The quantitative estimate of drug-likeness (QED) is 0.874. The normalized spacial score (nSPS) is 12.2. The Labute approximate surface area is 126 Å². The van der Waals surface area contributed by atoms with E-state index < -0.39 is 0 Å². The van der Waals surface area contributed by atoms with Crippen LogP contribution in [0.4, 0.5) is 4.39 Å². The van der Waals surface area contributed by atoms with Crippen LogP contribution in [-0.4, -0.2) is 11.5 Å². The second-order valence-corrected chi connectivity index (χ2v) is 5.23. The SMILES string of the molecule is CCNC(C)c1ccc(Oc2ccc(F)cc2Br)cn1. The molecule has 0 saturated carbocycles. The molecule has 2 aromatic rings. The summed E-state index contributed by atoms with van der Waals surface area (Å²) in [6.45, 7) is 5.01. The highest BCUT2D eigenvalue weighted by atomic mass is 79.9. The molecule has 1 aromatic carbocycles. The zero-order valence-electron chi connectivity index (χ0n) is 11.4. The summed E-state index contributed by atoms with van der Waals surface area (Å²) in [5.74, 6) is 0.864. The summed E-state index contributed by atoms with van der Waals surface area (Å²) in [7, 11) is 0. The van der Waals surface area contributed by atoms with Gasteiger partial charge in [-0.1, -0.05) is 6.92 Å². The molecule has 0 fully saturated rings. The number of halogens is 2. The van der Waals surface area contributed by atoms with E-state index in [9.17, 15) is 4.39 Å². The lowest BCUT2D eigenvalue weighted by Gasteiger charge is -2.12. The molecule has 1 heterocycles. The number of hydrogen-bond donors (Lipinski definition) is 1. The Balaban J connectivity index is 2.10. The first kappa shape index (κ1) is 14.9. The summed E-state index contributed by atoms with van der Waals surface area (Å²) in [4.78, 5) is 4.36. The monoisotopic (exact) mass is 338 g/mol. The number of pyridine rings is 1. The van der Waals surface area contributed by atoms with Crippen molar-refractivity contribution in [1.29, 1.82) is 0 Å². The third kappa shape index (κ3) is 3.77. The largest absolute Gasteiger partial charge is 0.455 e. The van der Waals surface area contributed by atoms with E-state index in [1.807, 2.05) is 12.1 Å². The molecule has 0 bridgehead atoms. The van der Waals surface area contributed by atoms with Crippen molar-refractivity contribution >= 4 is 15.9 Å². The van der Waals surface area contributed by atoms with Gasteiger partial charge in [-0.05, 0) is 59.7 Å². The zero-order chi connectivity index (χ0) is 14.5. The van der Waals surface area contributed by atoms with Crippen molar-refractivity contribution in [2.24, 2.45) is 0 Å². The molecule has 0 radical (unpaired) electrons. The summed E-state index contributed by atoms with van der Waals surface area (Å²) in [6, 6.07) is 8.27. The molecule has 0 aliphatic carbocycles. The number of nitrogens with one attached hydrogen (secondary N) is 1. The third-order valence-corrected chi connectivity index (χ3v) is 3.45. The van der Waals surface area contributed by atoms with Gasteiger partial charge in [-0.25, -0.2) is 4.39 Å². The molecule has 1 N–H and O–H groups in total. The molecule has 0 saturated heterocycles. The van der Waals surface area contributed by atoms with Crippen molar-refractivity contribution in [3.8, 4) is 11.5 Å². The number of rotatable bonds is 5. The van der Waals surface area contributed by atoms with Gasteiger partial charge in [0.15, 0.2) is 0 Å². The number of benzene rings is 1. The van der Waals surface area contributed by atoms with Crippen LogP contribution < -0.4 is 10.1 Å². The standard InChI is InChI=1S/C15H16BrFN2O/c1-3-18-10(2)14-6-5-12(9-19-14)20-15-7-4-11(17)8-13(15)16/h4-10,18H,3H2,1-2H3. The van der Waals surface area contributed by atoms with Gasteiger partial charge in [0.2, 0.25) is 0 Å². The lowest BCUT2D eigenvalue weighted by Crippen LogP contribution is -2.18. The molecule has 1 aromatic heterocycles. The molecule has 1 unspecified atom stereocenters. The van der Waals surface area contributed by atoms with Crippen molar-refractivity contribution in [1.82, 2.24) is 10.3 Å². The Morgan fingerprint density at radius 2 is 2.15 bits per heavy atom. The lowest BCUT2D eigenvalue weighted by atomic mass is 10.2. The Bertz CT molecular complexity index is 575. The molecular formula is C15H16BrFN2O. The van der Waals surface area contributed by atoms with Gasteiger partial charge in [0.1, 0.15) is 17.3 Å². The van der Waals surface area contributed by atoms with E-state index in [1.54, 1.807) is 12.3 Å². The second-order valence-electron chi connectivity index (χ2n) is 4.37. The topological polar surface area (TPSA) is 34.1 Å². The molecule has 106 valence electrons. The van der Waals surface area contributed by atoms with Crippen molar-refractivity contribution in [3.63, 3.8) is 0 Å². The van der Waals surface area contributed by atoms with E-state index in [2.05, 4.69) is 40.1 Å². The van der Waals surface area contributed by atoms with Crippen LogP contribution in [0.15, 0.2) is 41.0 Å². The number of ether oxygens (including phenoxy) is 1. The van der Waals surface area contributed by atoms with Crippen LogP contribution in [0.2, 0.25) is 0 Å². The fourth-order valence-corrected chi connectivity index (χ4v) is 2.24. The maximum atomic E-state index is 13.0. The first-order valence-corrected chi connectivity index (χ1v) is 7.21. The van der Waals surface area contributed by atoms with E-state index in [0.717, 1.165) is 12.2 Å². The molecule has 0 aliphatic rings. The van der Waals surface area contributed by atoms with Gasteiger partial charge in [0, 0.05) is 6.04 Å². The number of hydrogen-bond acceptors (Lipinski definition) is 3. The van der Waals surface area contributed by atoms with Gasteiger partial charge in [-0.2, -0.15) is 0 Å². The number of aromatic nitrogens is 1. The fourth-order valence-electron chi connectivity index (χ4n) is 1.80. The van der Waals surface area contributed by atoms with Gasteiger partial charge in [0.05, 0.1) is 16.4 Å². The average Bonchev–Trinajstić information content (AvgIpc) is 2.43. The van der Waals surface area contributed by atoms with Gasteiger partial charge in [0.25, 0.3) is 0 Å². The van der Waals surface area contributed by atoms with E-state index in [1.165, 1.54) is 12.1 Å². The smallest absolute Gasteiger partial charge is 0.145 e. The Hall–Kier alpha value is -1.46. The molecular weight excluding hydrogens is 323 g/mol. The number of nitrogens with zero attached hydrogens (tertiary/aromatic N) is 1. The van der Waals surface area contributed by atoms with Gasteiger partial charge >= 0.3 is 0 Å². The van der Waals surface area contributed by atoms with Crippen molar-refractivity contribution < 1.29 is 9.13 Å². The average molecular weight is 339 g/mol. The summed E-state index contributed by atoms with van der Waals surface area (Å²) < 4.78 is 19.2. The molecule has 5 heteroatoms. The molecule has 0 aliphatic heterocycles. The maximum absolute atomic E-state index is 13.0. The minimum absolute atomic E-state index is 0.201. The Morgan fingerprint density at radius 1 is 1.35 bits per heavy atom. The summed E-state index contributed by atoms with van der Waals surface area (Å²) >= 11 is 3.27.